The molecule has 3 rings (SSSR count). The summed E-state index contributed by atoms with van der Waals surface area (Å²) < 4.78 is 0. The number of hydrogen-bond donors (Lipinski definition) is 1. The van der Waals surface area contributed by atoms with Crippen molar-refractivity contribution in [1.29, 1.82) is 0 Å². The van der Waals surface area contributed by atoms with E-state index in [4.69, 9.17) is 0 Å². The fourth-order valence-electron chi connectivity index (χ4n) is 2.53. The van der Waals surface area contributed by atoms with Crippen LogP contribution in [-0.2, 0) is 0 Å². The van der Waals surface area contributed by atoms with Crippen molar-refractivity contribution in [3.63, 3.8) is 0 Å². The number of aryl methyl sites for hydroxylation is 1. The lowest BCUT2D eigenvalue weighted by Gasteiger charge is -2.34. The van der Waals surface area contributed by atoms with E-state index in [1.807, 2.05) is 18.3 Å². The van der Waals surface area contributed by atoms with E-state index in [0.717, 1.165) is 31.7 Å². The number of phenolic OH excluding ortho intramolecular Hbond substituents is 1. The van der Waals surface area contributed by atoms with Crippen molar-refractivity contribution in [2.75, 3.05) is 31.1 Å². The molecule has 4 heteroatoms. The Morgan fingerprint density at radius 3 is 2.18 bits per heavy atom. The third kappa shape index (κ3) is 3.58. The zero-order valence-corrected chi connectivity index (χ0v) is 12.8. The minimum atomic E-state index is 0.281. The van der Waals surface area contributed by atoms with Gasteiger partial charge in [0.25, 0.3) is 0 Å². The van der Waals surface area contributed by atoms with Crippen molar-refractivity contribution < 1.29 is 5.11 Å². The van der Waals surface area contributed by atoms with Gasteiger partial charge in [-0.25, -0.2) is 0 Å². The predicted molar refractivity (Wildman–Crippen MR) is 90.7 cm³/mol. The van der Waals surface area contributed by atoms with Gasteiger partial charge in [0.15, 0.2) is 0 Å². The third-order valence-electron chi connectivity index (χ3n) is 3.92. The Morgan fingerprint density at radius 1 is 0.909 bits per heavy atom. The van der Waals surface area contributed by atoms with Crippen LogP contribution < -0.4 is 4.90 Å². The van der Waals surface area contributed by atoms with Gasteiger partial charge in [-0.05, 0) is 48.9 Å². The van der Waals surface area contributed by atoms with Crippen molar-refractivity contribution in [3.05, 3.63) is 59.7 Å². The topological polar surface area (TPSA) is 39.1 Å². The maximum atomic E-state index is 9.27. The Bertz CT molecular complexity index is 626. The maximum absolute atomic E-state index is 9.27. The Kier molecular flexibility index (Phi) is 4.28. The Balaban J connectivity index is 1.55. The Morgan fingerprint density at radius 2 is 1.55 bits per heavy atom. The van der Waals surface area contributed by atoms with Gasteiger partial charge in [-0.1, -0.05) is 17.7 Å². The molecule has 4 nitrogen and oxygen atoms in total. The summed E-state index contributed by atoms with van der Waals surface area (Å²) in [7, 11) is 0. The van der Waals surface area contributed by atoms with Crippen LogP contribution in [0.4, 0.5) is 5.69 Å². The summed E-state index contributed by atoms with van der Waals surface area (Å²) in [6, 6.07) is 15.8. The first-order chi connectivity index (χ1) is 10.7. The average Bonchev–Trinajstić information content (AvgIpc) is 2.56. The van der Waals surface area contributed by atoms with Crippen molar-refractivity contribution in [2.24, 2.45) is 5.10 Å². The average molecular weight is 295 g/mol. The summed E-state index contributed by atoms with van der Waals surface area (Å²) in [5.41, 5.74) is 3.58. The smallest absolute Gasteiger partial charge is 0.115 e. The molecule has 22 heavy (non-hydrogen) atoms. The molecule has 1 N–H and O–H groups in total. The highest BCUT2D eigenvalue weighted by molar-refractivity contribution is 5.79. The largest absolute Gasteiger partial charge is 0.508 e. The van der Waals surface area contributed by atoms with Crippen LogP contribution >= 0.6 is 0 Å². The SMILES string of the molecule is Cc1ccc(N2CCN(N=Cc3ccc(O)cc3)CC2)cc1. The molecule has 0 unspecified atom stereocenters. The van der Waals surface area contributed by atoms with Gasteiger partial charge in [-0.15, -0.1) is 0 Å². The van der Waals surface area contributed by atoms with E-state index in [2.05, 4.69) is 46.2 Å². The van der Waals surface area contributed by atoms with Gasteiger partial charge in [0.05, 0.1) is 19.3 Å². The quantitative estimate of drug-likeness (QED) is 0.885. The summed E-state index contributed by atoms with van der Waals surface area (Å²) in [5, 5.41) is 15.9. The highest BCUT2D eigenvalue weighted by atomic mass is 16.3. The van der Waals surface area contributed by atoms with Crippen molar-refractivity contribution in [1.82, 2.24) is 5.01 Å². The van der Waals surface area contributed by atoms with Crippen LogP contribution in [0.3, 0.4) is 0 Å². The summed E-state index contributed by atoms with van der Waals surface area (Å²) in [6.45, 7) is 5.91. The second-order valence-electron chi connectivity index (χ2n) is 5.61. The summed E-state index contributed by atoms with van der Waals surface area (Å²) >= 11 is 0. The third-order valence-corrected chi connectivity index (χ3v) is 3.92. The van der Waals surface area contributed by atoms with Crippen LogP contribution in [0.2, 0.25) is 0 Å². The van der Waals surface area contributed by atoms with Crippen LogP contribution in [0.25, 0.3) is 0 Å². The van der Waals surface area contributed by atoms with Crippen LogP contribution in [0.1, 0.15) is 11.1 Å². The predicted octanol–water partition coefficient (Wildman–Crippen LogP) is 2.86. The minimum absolute atomic E-state index is 0.281. The van der Waals surface area contributed by atoms with E-state index in [9.17, 15) is 5.11 Å². The van der Waals surface area contributed by atoms with Gasteiger partial charge in [0.2, 0.25) is 0 Å². The second kappa shape index (κ2) is 6.52. The first-order valence-corrected chi connectivity index (χ1v) is 7.60. The number of benzene rings is 2. The highest BCUT2D eigenvalue weighted by Gasteiger charge is 2.15. The molecular weight excluding hydrogens is 274 g/mol. The normalized spacial score (nSPS) is 15.5. The van der Waals surface area contributed by atoms with Gasteiger partial charge in [-0.3, -0.25) is 5.01 Å². The molecule has 0 aromatic heterocycles. The lowest BCUT2D eigenvalue weighted by atomic mass is 10.2. The van der Waals surface area contributed by atoms with Crippen molar-refractivity contribution in [2.45, 2.75) is 6.92 Å². The fraction of sp³-hybridized carbons (Fsp3) is 0.278. The summed E-state index contributed by atoms with van der Waals surface area (Å²) in [4.78, 5) is 2.39. The summed E-state index contributed by atoms with van der Waals surface area (Å²) in [5.74, 6) is 0.281. The molecule has 0 spiro atoms. The minimum Gasteiger partial charge on any atom is -0.508 e. The molecule has 0 atom stereocenters. The van der Waals surface area contributed by atoms with Crippen molar-refractivity contribution in [3.8, 4) is 5.75 Å². The van der Waals surface area contributed by atoms with Crippen molar-refractivity contribution >= 4 is 11.9 Å². The van der Waals surface area contributed by atoms with Crippen LogP contribution in [0.5, 0.6) is 5.75 Å². The monoisotopic (exact) mass is 295 g/mol. The number of aromatic hydroxyl groups is 1. The molecule has 1 saturated heterocycles. The zero-order valence-electron chi connectivity index (χ0n) is 12.8. The van der Waals surface area contributed by atoms with Crippen LogP contribution in [-0.4, -0.2) is 42.5 Å². The molecule has 0 bridgehead atoms. The number of piperazine rings is 1. The molecule has 2 aromatic carbocycles. The van der Waals surface area contributed by atoms with Gasteiger partial charge < -0.3 is 10.0 Å². The highest BCUT2D eigenvalue weighted by Crippen LogP contribution is 2.17. The fourth-order valence-corrected chi connectivity index (χ4v) is 2.53. The second-order valence-corrected chi connectivity index (χ2v) is 5.61. The molecule has 0 amide bonds. The zero-order chi connectivity index (χ0) is 15.4. The first kappa shape index (κ1) is 14.4. The molecule has 1 aliphatic heterocycles. The number of rotatable bonds is 3. The molecule has 1 fully saturated rings. The lowest BCUT2D eigenvalue weighted by molar-refractivity contribution is 0.272. The van der Waals surface area contributed by atoms with Gasteiger partial charge in [-0.2, -0.15) is 5.10 Å². The molecule has 1 heterocycles. The standard InChI is InChI=1S/C18H21N3O/c1-15-2-6-17(7-3-15)20-10-12-21(13-11-20)19-14-16-4-8-18(22)9-5-16/h2-9,14,22H,10-13H2,1H3. The Hall–Kier alpha value is -2.49. The lowest BCUT2D eigenvalue weighted by Crippen LogP contribution is -2.44. The number of nitrogens with zero attached hydrogens (tertiary/aromatic N) is 3. The Labute approximate surface area is 131 Å². The van der Waals surface area contributed by atoms with E-state index in [-0.39, 0.29) is 5.75 Å². The molecule has 0 aliphatic carbocycles. The number of hydrogen-bond acceptors (Lipinski definition) is 4. The number of phenols is 1. The van der Waals surface area contributed by atoms with E-state index in [1.165, 1.54) is 11.3 Å². The molecule has 0 saturated carbocycles. The van der Waals surface area contributed by atoms with Gasteiger partial charge >= 0.3 is 0 Å². The van der Waals surface area contributed by atoms with Gasteiger partial charge in [0, 0.05) is 18.8 Å². The van der Waals surface area contributed by atoms with Crippen LogP contribution in [0.15, 0.2) is 53.6 Å². The summed E-state index contributed by atoms with van der Waals surface area (Å²) in [6.07, 6.45) is 1.85. The van der Waals surface area contributed by atoms with Crippen LogP contribution in [0, 0.1) is 6.92 Å². The van der Waals surface area contributed by atoms with Gasteiger partial charge in [0.1, 0.15) is 5.75 Å². The molecule has 0 radical (unpaired) electrons. The van der Waals surface area contributed by atoms with E-state index < -0.39 is 0 Å². The molecule has 1 aliphatic rings. The van der Waals surface area contributed by atoms with E-state index >= 15 is 0 Å². The molecule has 114 valence electrons. The number of anilines is 1. The van der Waals surface area contributed by atoms with E-state index in [1.54, 1.807) is 12.1 Å². The van der Waals surface area contributed by atoms with E-state index in [0.29, 0.717) is 0 Å². The molecular formula is C18H21N3O. The number of hydrazone groups is 1. The first-order valence-electron chi connectivity index (χ1n) is 7.60. The maximum Gasteiger partial charge on any atom is 0.115 e. The molecule has 2 aromatic rings.